The molecule has 2 aromatic carbocycles. The van der Waals surface area contributed by atoms with Gasteiger partial charge in [-0.25, -0.2) is 4.39 Å². The highest BCUT2D eigenvalue weighted by molar-refractivity contribution is 6.30. The Hall–Kier alpha value is -1.87. The van der Waals surface area contributed by atoms with Gasteiger partial charge >= 0.3 is 5.97 Å². The van der Waals surface area contributed by atoms with E-state index in [1.807, 2.05) is 0 Å². The van der Waals surface area contributed by atoms with Crippen molar-refractivity contribution in [2.45, 2.75) is 13.1 Å². The fourth-order valence-electron chi connectivity index (χ4n) is 1.93. The Labute approximate surface area is 115 Å². The summed E-state index contributed by atoms with van der Waals surface area (Å²) in [6.45, 7) is -0.511. The van der Waals surface area contributed by atoms with Crippen LogP contribution in [0.2, 0.25) is 5.02 Å². The molecule has 0 radical (unpaired) electrons. The molecule has 0 aromatic heterocycles. The van der Waals surface area contributed by atoms with E-state index in [1.54, 1.807) is 42.5 Å². The zero-order valence-electron chi connectivity index (χ0n) is 10.1. The third-order valence-electron chi connectivity index (χ3n) is 2.83. The van der Waals surface area contributed by atoms with Crippen LogP contribution in [0.3, 0.4) is 0 Å². The van der Waals surface area contributed by atoms with Gasteiger partial charge in [-0.3, -0.25) is 4.79 Å². The van der Waals surface area contributed by atoms with Crippen molar-refractivity contribution < 1.29 is 14.3 Å². The van der Waals surface area contributed by atoms with E-state index < -0.39 is 12.6 Å². The first kappa shape index (κ1) is 13.6. The van der Waals surface area contributed by atoms with Crippen LogP contribution in [-0.2, 0) is 17.9 Å². The summed E-state index contributed by atoms with van der Waals surface area (Å²) in [5.74, 6) is -0.913. The number of carboxylic acids is 1. The minimum Gasteiger partial charge on any atom is -0.481 e. The van der Waals surface area contributed by atoms with Gasteiger partial charge < -0.3 is 5.11 Å². The maximum Gasteiger partial charge on any atom is 0.307 e. The Kier molecular flexibility index (Phi) is 4.17. The van der Waals surface area contributed by atoms with Gasteiger partial charge in [0.25, 0.3) is 0 Å². The predicted octanol–water partition coefficient (Wildman–Crippen LogP) is 4.10. The van der Waals surface area contributed by atoms with Crippen molar-refractivity contribution in [3.8, 4) is 11.1 Å². The van der Waals surface area contributed by atoms with Gasteiger partial charge in [-0.1, -0.05) is 41.9 Å². The average Bonchev–Trinajstić information content (AvgIpc) is 2.38. The van der Waals surface area contributed by atoms with Crippen LogP contribution in [0.5, 0.6) is 0 Å². The molecule has 98 valence electrons. The zero-order valence-corrected chi connectivity index (χ0v) is 10.8. The Morgan fingerprint density at radius 2 is 1.84 bits per heavy atom. The Balaban J connectivity index is 2.44. The number of aliphatic carboxylic acids is 1. The highest BCUT2D eigenvalue weighted by atomic mass is 35.5. The molecule has 0 aliphatic rings. The average molecular weight is 279 g/mol. The maximum absolute atomic E-state index is 12.5. The van der Waals surface area contributed by atoms with Gasteiger partial charge in [0.05, 0.1) is 6.42 Å². The molecule has 0 aliphatic carbocycles. The van der Waals surface area contributed by atoms with Crippen molar-refractivity contribution in [3.63, 3.8) is 0 Å². The van der Waals surface area contributed by atoms with E-state index in [9.17, 15) is 9.18 Å². The number of carboxylic acid groups (broad SMARTS) is 1. The third-order valence-corrected chi connectivity index (χ3v) is 3.06. The van der Waals surface area contributed by atoms with Crippen LogP contribution >= 0.6 is 11.6 Å². The molecule has 0 fully saturated rings. The number of hydrogen-bond acceptors (Lipinski definition) is 1. The van der Waals surface area contributed by atoms with Crippen molar-refractivity contribution in [1.82, 2.24) is 0 Å². The molecule has 0 unspecified atom stereocenters. The molecule has 0 aliphatic heterocycles. The van der Waals surface area contributed by atoms with Crippen LogP contribution in [0.15, 0.2) is 42.5 Å². The SMILES string of the molecule is O=C(O)Cc1cc(Cl)ccc1-c1ccc(CF)cc1. The summed E-state index contributed by atoms with van der Waals surface area (Å²) in [6, 6.07) is 12.1. The molecule has 0 heterocycles. The lowest BCUT2D eigenvalue weighted by Gasteiger charge is -2.09. The quantitative estimate of drug-likeness (QED) is 0.914. The van der Waals surface area contributed by atoms with Crippen molar-refractivity contribution in [3.05, 3.63) is 58.6 Å². The van der Waals surface area contributed by atoms with Crippen molar-refractivity contribution in [2.75, 3.05) is 0 Å². The van der Waals surface area contributed by atoms with E-state index in [0.717, 1.165) is 11.1 Å². The van der Waals surface area contributed by atoms with Gasteiger partial charge in [0, 0.05) is 5.02 Å². The van der Waals surface area contributed by atoms with Gasteiger partial charge in [0.15, 0.2) is 0 Å². The minimum atomic E-state index is -0.913. The van der Waals surface area contributed by atoms with E-state index in [2.05, 4.69) is 0 Å². The molecular formula is C15H12ClFO2. The highest BCUT2D eigenvalue weighted by Crippen LogP contribution is 2.27. The van der Waals surface area contributed by atoms with E-state index in [1.165, 1.54) is 0 Å². The predicted molar refractivity (Wildman–Crippen MR) is 73.0 cm³/mol. The summed E-state index contributed by atoms with van der Waals surface area (Å²) >= 11 is 5.89. The van der Waals surface area contributed by atoms with Crippen molar-refractivity contribution in [2.24, 2.45) is 0 Å². The highest BCUT2D eigenvalue weighted by Gasteiger charge is 2.09. The molecule has 0 atom stereocenters. The number of rotatable bonds is 4. The molecule has 19 heavy (non-hydrogen) atoms. The number of benzene rings is 2. The molecule has 2 aromatic rings. The van der Waals surface area contributed by atoms with Crippen LogP contribution in [0.25, 0.3) is 11.1 Å². The monoisotopic (exact) mass is 278 g/mol. The third kappa shape index (κ3) is 3.32. The van der Waals surface area contributed by atoms with E-state index >= 15 is 0 Å². The van der Waals surface area contributed by atoms with E-state index in [4.69, 9.17) is 16.7 Å². The molecule has 0 spiro atoms. The molecule has 2 nitrogen and oxygen atoms in total. The summed E-state index contributed by atoms with van der Waals surface area (Å²) in [5.41, 5.74) is 2.90. The second-order valence-corrected chi connectivity index (χ2v) is 4.64. The van der Waals surface area contributed by atoms with E-state index in [0.29, 0.717) is 16.1 Å². The Morgan fingerprint density at radius 3 is 2.42 bits per heavy atom. The normalized spacial score (nSPS) is 10.4. The lowest BCUT2D eigenvalue weighted by molar-refractivity contribution is -0.136. The van der Waals surface area contributed by atoms with Gasteiger partial charge in [-0.15, -0.1) is 0 Å². The molecule has 0 saturated heterocycles. The maximum atomic E-state index is 12.5. The Morgan fingerprint density at radius 1 is 1.16 bits per heavy atom. The largest absolute Gasteiger partial charge is 0.481 e. The molecule has 2 rings (SSSR count). The number of alkyl halides is 1. The first-order valence-corrected chi connectivity index (χ1v) is 6.13. The fourth-order valence-corrected chi connectivity index (χ4v) is 2.12. The first-order chi connectivity index (χ1) is 9.10. The summed E-state index contributed by atoms with van der Waals surface area (Å²) in [4.78, 5) is 10.9. The van der Waals surface area contributed by atoms with Gasteiger partial charge in [0.2, 0.25) is 0 Å². The molecule has 0 bridgehead atoms. The number of carbonyl (C=O) groups is 1. The molecule has 0 saturated carbocycles. The van der Waals surface area contributed by atoms with Crippen LogP contribution < -0.4 is 0 Å². The van der Waals surface area contributed by atoms with E-state index in [-0.39, 0.29) is 6.42 Å². The standard InChI is InChI=1S/C15H12ClFO2/c16-13-5-6-14(12(7-13)8-15(18)19)11-3-1-10(9-17)2-4-11/h1-7H,8-9H2,(H,18,19). The summed E-state index contributed by atoms with van der Waals surface area (Å²) in [5, 5.41) is 9.42. The van der Waals surface area contributed by atoms with Crippen LogP contribution in [0, 0.1) is 0 Å². The van der Waals surface area contributed by atoms with Crippen molar-refractivity contribution in [1.29, 1.82) is 0 Å². The van der Waals surface area contributed by atoms with Crippen LogP contribution in [0.1, 0.15) is 11.1 Å². The number of halogens is 2. The van der Waals surface area contributed by atoms with Gasteiger partial charge in [-0.05, 0) is 34.4 Å². The summed E-state index contributed by atoms with van der Waals surface area (Å²) < 4.78 is 12.5. The lowest BCUT2D eigenvalue weighted by Crippen LogP contribution is -2.02. The molecule has 1 N–H and O–H groups in total. The second kappa shape index (κ2) is 5.85. The zero-order chi connectivity index (χ0) is 13.8. The van der Waals surface area contributed by atoms with Crippen LogP contribution in [0.4, 0.5) is 4.39 Å². The molecule has 0 amide bonds. The smallest absolute Gasteiger partial charge is 0.307 e. The van der Waals surface area contributed by atoms with Gasteiger partial charge in [-0.2, -0.15) is 0 Å². The molecule has 4 heteroatoms. The first-order valence-electron chi connectivity index (χ1n) is 5.75. The topological polar surface area (TPSA) is 37.3 Å². The minimum absolute atomic E-state index is 0.0965. The number of hydrogen-bond donors (Lipinski definition) is 1. The fraction of sp³-hybridized carbons (Fsp3) is 0.133. The summed E-state index contributed by atoms with van der Waals surface area (Å²) in [6.07, 6.45) is -0.0965. The van der Waals surface area contributed by atoms with Crippen molar-refractivity contribution >= 4 is 17.6 Å². The Bertz CT molecular complexity index is 594. The molecular weight excluding hydrogens is 267 g/mol. The lowest BCUT2D eigenvalue weighted by atomic mass is 9.97. The second-order valence-electron chi connectivity index (χ2n) is 4.20. The van der Waals surface area contributed by atoms with Crippen LogP contribution in [-0.4, -0.2) is 11.1 Å². The summed E-state index contributed by atoms with van der Waals surface area (Å²) in [7, 11) is 0. The van der Waals surface area contributed by atoms with Gasteiger partial charge in [0.1, 0.15) is 6.67 Å².